The average molecular weight is 493 g/mol. The molecule has 1 aliphatic rings. The maximum absolute atomic E-state index is 12.9. The van der Waals surface area contributed by atoms with Gasteiger partial charge in [0.2, 0.25) is 10.0 Å². The van der Waals surface area contributed by atoms with Crippen LogP contribution in [0.25, 0.3) is 0 Å². The van der Waals surface area contributed by atoms with Crippen LogP contribution in [0.1, 0.15) is 34.3 Å². The van der Waals surface area contributed by atoms with Crippen molar-refractivity contribution in [1.82, 2.24) is 5.32 Å². The second-order valence-electron chi connectivity index (χ2n) is 8.44. The molecule has 3 amide bonds. The molecule has 0 aromatic heterocycles. The predicted octanol–water partition coefficient (Wildman–Crippen LogP) is 3.68. The first-order valence-corrected chi connectivity index (χ1v) is 13.0. The predicted molar refractivity (Wildman–Crippen MR) is 136 cm³/mol. The Hall–Kier alpha value is -3.69. The molecule has 8 nitrogen and oxygen atoms in total. The number of nitrogens with zero attached hydrogens (tertiary/aromatic N) is 1. The third-order valence-corrected chi connectivity index (χ3v) is 6.88. The molecule has 0 spiro atoms. The van der Waals surface area contributed by atoms with Crippen molar-refractivity contribution in [3.8, 4) is 0 Å². The molecule has 0 unspecified atom stereocenters. The summed E-state index contributed by atoms with van der Waals surface area (Å²) in [6, 6.07) is 20.8. The van der Waals surface area contributed by atoms with Crippen molar-refractivity contribution >= 4 is 33.3 Å². The zero-order valence-corrected chi connectivity index (χ0v) is 20.1. The van der Waals surface area contributed by atoms with Gasteiger partial charge in [-0.1, -0.05) is 30.3 Å². The van der Waals surface area contributed by atoms with Gasteiger partial charge in [0.1, 0.15) is 0 Å². The zero-order chi connectivity index (χ0) is 24.8. The highest BCUT2D eigenvalue weighted by Gasteiger charge is 2.21. The van der Waals surface area contributed by atoms with Crippen LogP contribution >= 0.6 is 0 Å². The van der Waals surface area contributed by atoms with Gasteiger partial charge in [-0.15, -0.1) is 0 Å². The van der Waals surface area contributed by atoms with E-state index in [1.54, 1.807) is 41.3 Å². The number of sulfonamides is 1. The van der Waals surface area contributed by atoms with Crippen LogP contribution in [0.3, 0.4) is 0 Å². The SMILES string of the molecule is NS(=O)(=O)c1ccc(CCNC(=O)c2ccc(NC(=O)N3CCCCc4ccccc43)cc2)cc1. The van der Waals surface area contributed by atoms with Crippen molar-refractivity contribution in [2.45, 2.75) is 30.6 Å². The molecule has 0 radical (unpaired) electrons. The highest BCUT2D eigenvalue weighted by atomic mass is 32.2. The molecule has 9 heteroatoms. The number of benzene rings is 3. The van der Waals surface area contributed by atoms with Gasteiger partial charge in [-0.25, -0.2) is 18.4 Å². The third-order valence-electron chi connectivity index (χ3n) is 5.95. The first-order chi connectivity index (χ1) is 16.8. The fourth-order valence-electron chi connectivity index (χ4n) is 4.07. The van der Waals surface area contributed by atoms with Crippen LogP contribution in [0.15, 0.2) is 77.7 Å². The normalized spacial score (nSPS) is 13.5. The minimum absolute atomic E-state index is 0.0533. The first-order valence-electron chi connectivity index (χ1n) is 11.5. The number of urea groups is 1. The van der Waals surface area contributed by atoms with Gasteiger partial charge in [0.15, 0.2) is 0 Å². The maximum atomic E-state index is 12.9. The van der Waals surface area contributed by atoms with Gasteiger partial charge < -0.3 is 10.6 Å². The number of para-hydroxylation sites is 1. The minimum Gasteiger partial charge on any atom is -0.352 e. The van der Waals surface area contributed by atoms with E-state index in [-0.39, 0.29) is 16.8 Å². The quantitative estimate of drug-likeness (QED) is 0.486. The van der Waals surface area contributed by atoms with Crippen molar-refractivity contribution in [2.24, 2.45) is 5.14 Å². The van der Waals surface area contributed by atoms with Crippen molar-refractivity contribution in [2.75, 3.05) is 23.3 Å². The third kappa shape index (κ3) is 6.26. The van der Waals surface area contributed by atoms with E-state index >= 15 is 0 Å². The van der Waals surface area contributed by atoms with Crippen LogP contribution in [0, 0.1) is 0 Å². The summed E-state index contributed by atoms with van der Waals surface area (Å²) in [5.41, 5.74) is 4.09. The first kappa shape index (κ1) is 24.4. The van der Waals surface area contributed by atoms with Crippen LogP contribution < -0.4 is 20.7 Å². The number of carbonyl (C=O) groups is 2. The highest BCUT2D eigenvalue weighted by Crippen LogP contribution is 2.26. The Morgan fingerprint density at radius 3 is 2.34 bits per heavy atom. The Balaban J connectivity index is 1.31. The molecule has 1 aliphatic heterocycles. The standard InChI is InChI=1S/C26H28N4O4S/c27-35(33,34)23-14-8-19(9-15-23)16-17-28-25(31)21-10-12-22(13-11-21)29-26(32)30-18-4-3-6-20-5-1-2-7-24(20)30/h1-2,5,7-15H,3-4,6,16-18H2,(H,28,31)(H,29,32)(H2,27,33,34). The second-order valence-corrected chi connectivity index (χ2v) is 10.0. The lowest BCUT2D eigenvalue weighted by Crippen LogP contribution is -2.35. The molecule has 0 saturated heterocycles. The number of aryl methyl sites for hydroxylation is 1. The van der Waals surface area contributed by atoms with Gasteiger partial charge >= 0.3 is 6.03 Å². The molecule has 0 atom stereocenters. The fraction of sp³-hybridized carbons (Fsp3) is 0.231. The molecule has 3 aromatic rings. The van der Waals surface area contributed by atoms with Gasteiger partial charge in [-0.3, -0.25) is 9.69 Å². The zero-order valence-electron chi connectivity index (χ0n) is 19.2. The van der Waals surface area contributed by atoms with E-state index < -0.39 is 10.0 Å². The fourth-order valence-corrected chi connectivity index (χ4v) is 4.58. The Morgan fingerprint density at radius 2 is 1.63 bits per heavy atom. The lowest BCUT2D eigenvalue weighted by molar-refractivity contribution is 0.0954. The lowest BCUT2D eigenvalue weighted by atomic mass is 10.1. The molecule has 0 saturated carbocycles. The number of primary sulfonamides is 1. The van der Waals surface area contributed by atoms with Gasteiger partial charge in [-0.05, 0) is 79.3 Å². The van der Waals surface area contributed by atoms with Gasteiger partial charge in [0.05, 0.1) is 4.90 Å². The Kier molecular flexibility index (Phi) is 7.48. The summed E-state index contributed by atoms with van der Waals surface area (Å²) in [4.78, 5) is 27.3. The van der Waals surface area contributed by atoms with Crippen LogP contribution in [0.4, 0.5) is 16.2 Å². The Labute approximate surface area is 205 Å². The average Bonchev–Trinajstić information content (AvgIpc) is 3.07. The van der Waals surface area contributed by atoms with Crippen molar-refractivity contribution < 1.29 is 18.0 Å². The number of carbonyl (C=O) groups excluding carboxylic acids is 2. The van der Waals surface area contributed by atoms with E-state index in [1.807, 2.05) is 18.2 Å². The van der Waals surface area contributed by atoms with E-state index in [4.69, 9.17) is 5.14 Å². The second kappa shape index (κ2) is 10.7. The number of hydrogen-bond donors (Lipinski definition) is 3. The van der Waals surface area contributed by atoms with Crippen LogP contribution in [-0.2, 0) is 22.9 Å². The number of hydrogen-bond acceptors (Lipinski definition) is 4. The molecular weight excluding hydrogens is 464 g/mol. The monoisotopic (exact) mass is 492 g/mol. The van der Waals surface area contributed by atoms with Crippen molar-refractivity contribution in [1.29, 1.82) is 0 Å². The van der Waals surface area contributed by atoms with E-state index in [1.165, 1.54) is 17.7 Å². The van der Waals surface area contributed by atoms with Crippen molar-refractivity contribution in [3.63, 3.8) is 0 Å². The number of nitrogens with one attached hydrogen (secondary N) is 2. The number of fused-ring (bicyclic) bond motifs is 1. The smallest absolute Gasteiger partial charge is 0.326 e. The summed E-state index contributed by atoms with van der Waals surface area (Å²) in [7, 11) is -3.72. The molecule has 4 N–H and O–H groups in total. The summed E-state index contributed by atoms with van der Waals surface area (Å²) in [5, 5.41) is 10.9. The summed E-state index contributed by atoms with van der Waals surface area (Å²) in [6.07, 6.45) is 3.50. The number of amides is 3. The summed E-state index contributed by atoms with van der Waals surface area (Å²) >= 11 is 0. The van der Waals surface area contributed by atoms with Gasteiger partial charge in [0, 0.05) is 30.0 Å². The Morgan fingerprint density at radius 1 is 0.914 bits per heavy atom. The van der Waals surface area contributed by atoms with Gasteiger partial charge in [-0.2, -0.15) is 0 Å². The van der Waals surface area contributed by atoms with Crippen LogP contribution in [0.2, 0.25) is 0 Å². The molecule has 182 valence electrons. The Bertz CT molecular complexity index is 1310. The molecule has 35 heavy (non-hydrogen) atoms. The van der Waals surface area contributed by atoms with Crippen molar-refractivity contribution in [3.05, 3.63) is 89.5 Å². The highest BCUT2D eigenvalue weighted by molar-refractivity contribution is 7.89. The van der Waals surface area contributed by atoms with Crippen LogP contribution in [0.5, 0.6) is 0 Å². The van der Waals surface area contributed by atoms with Crippen LogP contribution in [-0.4, -0.2) is 33.4 Å². The van der Waals surface area contributed by atoms with E-state index in [0.717, 1.165) is 30.5 Å². The number of nitrogens with two attached hydrogens (primary N) is 1. The van der Waals surface area contributed by atoms with E-state index in [2.05, 4.69) is 16.7 Å². The number of rotatable bonds is 6. The molecule has 0 bridgehead atoms. The molecule has 3 aromatic carbocycles. The van der Waals surface area contributed by atoms with E-state index in [9.17, 15) is 18.0 Å². The van der Waals surface area contributed by atoms with E-state index in [0.29, 0.717) is 30.8 Å². The molecule has 0 fully saturated rings. The molecule has 0 aliphatic carbocycles. The minimum atomic E-state index is -3.72. The summed E-state index contributed by atoms with van der Waals surface area (Å²) in [5.74, 6) is -0.231. The maximum Gasteiger partial charge on any atom is 0.326 e. The lowest BCUT2D eigenvalue weighted by Gasteiger charge is -2.23. The molecule has 4 rings (SSSR count). The summed E-state index contributed by atoms with van der Waals surface area (Å²) in [6.45, 7) is 1.05. The largest absolute Gasteiger partial charge is 0.352 e. The topological polar surface area (TPSA) is 122 Å². The number of anilines is 2. The summed E-state index contributed by atoms with van der Waals surface area (Å²) < 4.78 is 22.7. The molecular formula is C26H28N4O4S. The molecule has 1 heterocycles. The van der Waals surface area contributed by atoms with Gasteiger partial charge in [0.25, 0.3) is 5.91 Å².